The lowest BCUT2D eigenvalue weighted by atomic mass is 10.2. The van der Waals surface area contributed by atoms with Crippen molar-refractivity contribution < 1.29 is 19.4 Å². The Balaban J connectivity index is 2.08. The van der Waals surface area contributed by atoms with E-state index in [2.05, 4.69) is 0 Å². The van der Waals surface area contributed by atoms with E-state index in [0.29, 0.717) is 26.2 Å². The van der Waals surface area contributed by atoms with Crippen molar-refractivity contribution in [1.29, 1.82) is 0 Å². The molecule has 0 radical (unpaired) electrons. The average Bonchev–Trinajstić information content (AvgIpc) is 2.44. The highest BCUT2D eigenvalue weighted by molar-refractivity contribution is 5.70. The largest absolute Gasteiger partial charge is 0.466 e. The van der Waals surface area contributed by atoms with Gasteiger partial charge < -0.3 is 14.6 Å². The monoisotopic (exact) mass is 278 g/mol. The first-order valence-corrected chi connectivity index (χ1v) is 6.84. The van der Waals surface area contributed by atoms with E-state index in [1.54, 1.807) is 13.0 Å². The summed E-state index contributed by atoms with van der Waals surface area (Å²) in [6.07, 6.45) is 3.32. The van der Waals surface area contributed by atoms with Crippen LogP contribution in [0.3, 0.4) is 0 Å². The third-order valence-corrected chi connectivity index (χ3v) is 2.58. The molecular weight excluding hydrogens is 256 g/mol. The first-order chi connectivity index (χ1) is 9.72. The maximum atomic E-state index is 11.1. The molecule has 0 saturated heterocycles. The average molecular weight is 278 g/mol. The number of aliphatic hydroxyl groups excluding tert-OH is 1. The molecule has 0 aliphatic rings. The highest BCUT2D eigenvalue weighted by atomic mass is 16.5. The summed E-state index contributed by atoms with van der Waals surface area (Å²) in [6.45, 7) is 3.24. The van der Waals surface area contributed by atoms with Crippen LogP contribution in [0.5, 0.6) is 0 Å². The van der Waals surface area contributed by atoms with Gasteiger partial charge in [-0.1, -0.05) is 42.5 Å². The molecule has 110 valence electrons. The summed E-state index contributed by atoms with van der Waals surface area (Å²) in [7, 11) is 0. The molecule has 0 spiro atoms. The van der Waals surface area contributed by atoms with Crippen LogP contribution in [0.25, 0.3) is 0 Å². The molecule has 1 atom stereocenters. The number of hydrogen-bond donors (Lipinski definition) is 1. The molecule has 0 aliphatic heterocycles. The Hall–Kier alpha value is -1.65. The van der Waals surface area contributed by atoms with Gasteiger partial charge in [0.2, 0.25) is 0 Å². The van der Waals surface area contributed by atoms with E-state index < -0.39 is 6.10 Å². The SMILES string of the molecule is CCOC(=O)CC(O)/C=C/CCOCc1ccccc1. The number of benzene rings is 1. The van der Waals surface area contributed by atoms with E-state index in [4.69, 9.17) is 9.47 Å². The highest BCUT2D eigenvalue weighted by Gasteiger charge is 2.07. The van der Waals surface area contributed by atoms with Crippen LogP contribution in [0, 0.1) is 0 Å². The molecule has 0 amide bonds. The van der Waals surface area contributed by atoms with Crippen molar-refractivity contribution in [3.63, 3.8) is 0 Å². The molecule has 0 bridgehead atoms. The van der Waals surface area contributed by atoms with Crippen molar-refractivity contribution in [2.24, 2.45) is 0 Å². The molecule has 1 aromatic carbocycles. The smallest absolute Gasteiger partial charge is 0.308 e. The van der Waals surface area contributed by atoms with Gasteiger partial charge in [0.15, 0.2) is 0 Å². The summed E-state index contributed by atoms with van der Waals surface area (Å²) in [6, 6.07) is 9.95. The number of hydrogen-bond acceptors (Lipinski definition) is 4. The van der Waals surface area contributed by atoms with Crippen LogP contribution < -0.4 is 0 Å². The third kappa shape index (κ3) is 7.71. The molecular formula is C16H22O4. The van der Waals surface area contributed by atoms with Crippen LogP contribution >= 0.6 is 0 Å². The lowest BCUT2D eigenvalue weighted by Crippen LogP contribution is -2.13. The molecule has 4 heteroatoms. The Kier molecular flexibility index (Phi) is 8.35. The minimum absolute atomic E-state index is 0.00475. The van der Waals surface area contributed by atoms with Crippen molar-refractivity contribution in [2.45, 2.75) is 32.5 Å². The van der Waals surface area contributed by atoms with Crippen LogP contribution in [-0.2, 0) is 20.9 Å². The van der Waals surface area contributed by atoms with E-state index in [9.17, 15) is 9.90 Å². The number of esters is 1. The Morgan fingerprint density at radius 2 is 2.10 bits per heavy atom. The molecule has 1 unspecified atom stereocenters. The normalized spacial score (nSPS) is 12.5. The summed E-state index contributed by atoms with van der Waals surface area (Å²) in [5, 5.41) is 9.55. The van der Waals surface area contributed by atoms with E-state index in [1.165, 1.54) is 0 Å². The molecule has 1 N–H and O–H groups in total. The summed E-state index contributed by atoms with van der Waals surface area (Å²) >= 11 is 0. The molecule has 1 rings (SSSR count). The van der Waals surface area contributed by atoms with Gasteiger partial charge >= 0.3 is 5.97 Å². The fourth-order valence-corrected chi connectivity index (χ4v) is 1.63. The minimum atomic E-state index is -0.789. The number of ether oxygens (including phenoxy) is 2. The van der Waals surface area contributed by atoms with Gasteiger partial charge in [-0.2, -0.15) is 0 Å². The van der Waals surface area contributed by atoms with Gasteiger partial charge in [-0.05, 0) is 18.9 Å². The molecule has 1 aromatic rings. The molecule has 0 saturated carbocycles. The van der Waals surface area contributed by atoms with Gasteiger partial charge in [-0.15, -0.1) is 0 Å². The van der Waals surface area contributed by atoms with Gasteiger partial charge in [0.25, 0.3) is 0 Å². The van der Waals surface area contributed by atoms with E-state index in [1.807, 2.05) is 36.4 Å². The van der Waals surface area contributed by atoms with Gasteiger partial charge in [0.1, 0.15) is 0 Å². The quantitative estimate of drug-likeness (QED) is 0.428. The first-order valence-electron chi connectivity index (χ1n) is 6.84. The van der Waals surface area contributed by atoms with E-state index in [-0.39, 0.29) is 12.4 Å². The molecule has 0 fully saturated rings. The lowest BCUT2D eigenvalue weighted by molar-refractivity contribution is -0.144. The predicted molar refractivity (Wildman–Crippen MR) is 77.1 cm³/mol. The van der Waals surface area contributed by atoms with Crippen molar-refractivity contribution in [3.05, 3.63) is 48.0 Å². The van der Waals surface area contributed by atoms with Crippen molar-refractivity contribution in [1.82, 2.24) is 0 Å². The van der Waals surface area contributed by atoms with Crippen molar-refractivity contribution in [3.8, 4) is 0 Å². The second-order valence-corrected chi connectivity index (χ2v) is 4.33. The first kappa shape index (κ1) is 16.4. The van der Waals surface area contributed by atoms with E-state index >= 15 is 0 Å². The molecule has 4 nitrogen and oxygen atoms in total. The zero-order valence-corrected chi connectivity index (χ0v) is 11.8. The maximum absolute atomic E-state index is 11.1. The number of carbonyl (C=O) groups is 1. The number of carbonyl (C=O) groups excluding carboxylic acids is 1. The van der Waals surface area contributed by atoms with Crippen LogP contribution in [0.1, 0.15) is 25.3 Å². The fraction of sp³-hybridized carbons (Fsp3) is 0.438. The minimum Gasteiger partial charge on any atom is -0.466 e. The summed E-state index contributed by atoms with van der Waals surface area (Å²) in [4.78, 5) is 11.1. The van der Waals surface area contributed by atoms with Crippen LogP contribution in [-0.4, -0.2) is 30.4 Å². The van der Waals surface area contributed by atoms with Gasteiger partial charge in [0.05, 0.1) is 32.3 Å². The van der Waals surface area contributed by atoms with Crippen LogP contribution in [0.4, 0.5) is 0 Å². The second-order valence-electron chi connectivity index (χ2n) is 4.33. The molecule has 0 aromatic heterocycles. The van der Waals surface area contributed by atoms with Gasteiger partial charge in [0, 0.05) is 0 Å². The lowest BCUT2D eigenvalue weighted by Gasteiger charge is -2.05. The van der Waals surface area contributed by atoms with Gasteiger partial charge in [-0.25, -0.2) is 0 Å². The maximum Gasteiger partial charge on any atom is 0.308 e. The fourth-order valence-electron chi connectivity index (χ4n) is 1.63. The second kappa shape index (κ2) is 10.2. The van der Waals surface area contributed by atoms with Crippen molar-refractivity contribution in [2.75, 3.05) is 13.2 Å². The van der Waals surface area contributed by atoms with Crippen molar-refractivity contribution >= 4 is 5.97 Å². The zero-order chi connectivity index (χ0) is 14.6. The standard InChI is InChI=1S/C16H22O4/c1-2-20-16(18)12-15(17)10-6-7-11-19-13-14-8-4-3-5-9-14/h3-6,8-10,15,17H,2,7,11-13H2,1H3/b10-6+. The zero-order valence-electron chi connectivity index (χ0n) is 11.8. The molecule has 20 heavy (non-hydrogen) atoms. The number of rotatable bonds is 9. The summed E-state index contributed by atoms with van der Waals surface area (Å²) in [5.74, 6) is -0.384. The Morgan fingerprint density at radius 1 is 1.35 bits per heavy atom. The summed E-state index contributed by atoms with van der Waals surface area (Å²) < 4.78 is 10.2. The number of aliphatic hydroxyl groups is 1. The Morgan fingerprint density at radius 3 is 2.80 bits per heavy atom. The Labute approximate surface area is 120 Å². The third-order valence-electron chi connectivity index (χ3n) is 2.58. The molecule has 0 aliphatic carbocycles. The predicted octanol–water partition coefficient (Wildman–Crippen LogP) is 2.46. The topological polar surface area (TPSA) is 55.8 Å². The Bertz CT molecular complexity index is 400. The molecule has 0 heterocycles. The highest BCUT2D eigenvalue weighted by Crippen LogP contribution is 2.02. The van der Waals surface area contributed by atoms with Gasteiger partial charge in [-0.3, -0.25) is 4.79 Å². The van der Waals surface area contributed by atoms with Crippen LogP contribution in [0.15, 0.2) is 42.5 Å². The summed E-state index contributed by atoms with van der Waals surface area (Å²) in [5.41, 5.74) is 1.14. The van der Waals surface area contributed by atoms with Crippen LogP contribution in [0.2, 0.25) is 0 Å². The van der Waals surface area contributed by atoms with E-state index in [0.717, 1.165) is 5.56 Å².